The third-order valence-electron chi connectivity index (χ3n) is 5.19. The number of carbonyl (C=O) groups is 1. The van der Waals surface area contributed by atoms with Crippen LogP contribution in [0.2, 0.25) is 5.02 Å². The Morgan fingerprint density at radius 3 is 2.46 bits per heavy atom. The van der Waals surface area contributed by atoms with E-state index in [0.717, 1.165) is 32.2 Å². The summed E-state index contributed by atoms with van der Waals surface area (Å²) in [7, 11) is 3.10. The summed E-state index contributed by atoms with van der Waals surface area (Å²) < 4.78 is 10.6. The van der Waals surface area contributed by atoms with Gasteiger partial charge >= 0.3 is 6.03 Å². The van der Waals surface area contributed by atoms with E-state index in [1.165, 1.54) is 11.1 Å². The Morgan fingerprint density at radius 1 is 1.07 bits per heavy atom. The van der Waals surface area contributed by atoms with E-state index in [1.54, 1.807) is 26.4 Å². The first-order valence-corrected chi connectivity index (χ1v) is 9.97. The number of aryl methyl sites for hydroxylation is 1. The first-order valence-electron chi connectivity index (χ1n) is 9.59. The third-order valence-corrected chi connectivity index (χ3v) is 5.49. The molecule has 1 N–H and O–H groups in total. The molecule has 5 nitrogen and oxygen atoms in total. The summed E-state index contributed by atoms with van der Waals surface area (Å²) in [6.07, 6.45) is 4.19. The Morgan fingerprint density at radius 2 is 1.79 bits per heavy atom. The number of hydrogen-bond donors (Lipinski definition) is 1. The number of urea groups is 1. The van der Waals surface area contributed by atoms with Crippen LogP contribution in [-0.2, 0) is 0 Å². The van der Waals surface area contributed by atoms with Crippen molar-refractivity contribution in [1.29, 1.82) is 0 Å². The molecule has 1 aliphatic rings. The van der Waals surface area contributed by atoms with E-state index in [9.17, 15) is 4.79 Å². The molecule has 1 aliphatic heterocycles. The molecule has 0 aromatic heterocycles. The normalized spacial score (nSPS) is 17.0. The Kier molecular flexibility index (Phi) is 6.68. The summed E-state index contributed by atoms with van der Waals surface area (Å²) in [6.45, 7) is 2.79. The van der Waals surface area contributed by atoms with E-state index < -0.39 is 0 Å². The highest BCUT2D eigenvalue weighted by atomic mass is 35.5. The average Bonchev–Trinajstić information content (AvgIpc) is 2.95. The lowest BCUT2D eigenvalue weighted by molar-refractivity contribution is 0.189. The highest BCUT2D eigenvalue weighted by molar-refractivity contribution is 6.32. The number of amides is 2. The minimum atomic E-state index is -0.146. The number of rotatable bonds is 4. The van der Waals surface area contributed by atoms with Crippen LogP contribution in [0.4, 0.5) is 10.5 Å². The standard InChI is InChI=1S/C22H27ClN2O3/c1-15-8-10-16(11-9-15)19-7-5-4-6-12-25(19)22(26)24-18-13-17(23)20(27-2)14-21(18)28-3/h8-11,13-14,19H,4-7,12H2,1-3H3,(H,24,26). The Hall–Kier alpha value is -2.40. The molecule has 1 fully saturated rings. The minimum Gasteiger partial charge on any atom is -0.495 e. The van der Waals surface area contributed by atoms with E-state index in [1.807, 2.05) is 4.90 Å². The lowest BCUT2D eigenvalue weighted by Gasteiger charge is -2.31. The average molecular weight is 403 g/mol. The summed E-state index contributed by atoms with van der Waals surface area (Å²) in [5, 5.41) is 3.41. The number of hydrogen-bond acceptors (Lipinski definition) is 3. The lowest BCUT2D eigenvalue weighted by Crippen LogP contribution is -2.38. The Balaban J connectivity index is 1.86. The minimum absolute atomic E-state index is 0.0582. The maximum absolute atomic E-state index is 13.2. The van der Waals surface area contributed by atoms with Crippen LogP contribution in [0.3, 0.4) is 0 Å². The smallest absolute Gasteiger partial charge is 0.322 e. The van der Waals surface area contributed by atoms with Gasteiger partial charge in [-0.05, 0) is 31.4 Å². The van der Waals surface area contributed by atoms with Gasteiger partial charge in [-0.3, -0.25) is 0 Å². The van der Waals surface area contributed by atoms with Crippen molar-refractivity contribution in [3.63, 3.8) is 0 Å². The molecule has 1 unspecified atom stereocenters. The molecule has 28 heavy (non-hydrogen) atoms. The molecule has 3 rings (SSSR count). The van der Waals surface area contributed by atoms with Crippen LogP contribution >= 0.6 is 11.6 Å². The fourth-order valence-electron chi connectivity index (χ4n) is 3.63. The van der Waals surface area contributed by atoms with Crippen molar-refractivity contribution >= 4 is 23.3 Å². The first kappa shape index (κ1) is 20.3. The molecule has 0 aliphatic carbocycles. The van der Waals surface area contributed by atoms with Crippen LogP contribution in [0, 0.1) is 6.92 Å². The van der Waals surface area contributed by atoms with E-state index in [-0.39, 0.29) is 12.1 Å². The maximum atomic E-state index is 13.2. The van der Waals surface area contributed by atoms with Crippen LogP contribution in [-0.4, -0.2) is 31.7 Å². The predicted molar refractivity (Wildman–Crippen MR) is 113 cm³/mol. The summed E-state index contributed by atoms with van der Waals surface area (Å²) in [5.74, 6) is 1.01. The van der Waals surface area contributed by atoms with Gasteiger partial charge in [0.15, 0.2) is 0 Å². The molecule has 0 bridgehead atoms. The Bertz CT molecular complexity index is 823. The van der Waals surface area contributed by atoms with Crippen LogP contribution in [0.15, 0.2) is 36.4 Å². The second-order valence-electron chi connectivity index (χ2n) is 7.09. The molecule has 1 heterocycles. The summed E-state index contributed by atoms with van der Waals surface area (Å²) in [6, 6.07) is 11.7. The molecular weight excluding hydrogens is 376 g/mol. The quantitative estimate of drug-likeness (QED) is 0.701. The molecule has 2 aromatic rings. The van der Waals surface area contributed by atoms with Gasteiger partial charge in [-0.25, -0.2) is 4.79 Å². The summed E-state index contributed by atoms with van der Waals surface area (Å²) in [4.78, 5) is 15.1. The molecule has 0 radical (unpaired) electrons. The number of methoxy groups -OCH3 is 2. The number of carbonyl (C=O) groups excluding carboxylic acids is 1. The van der Waals surface area contributed by atoms with E-state index in [2.05, 4.69) is 36.5 Å². The molecule has 1 saturated heterocycles. The van der Waals surface area contributed by atoms with Gasteiger partial charge in [0.25, 0.3) is 0 Å². The van der Waals surface area contributed by atoms with Gasteiger partial charge in [-0.1, -0.05) is 54.3 Å². The summed E-state index contributed by atoms with van der Waals surface area (Å²) in [5.41, 5.74) is 2.92. The number of nitrogens with zero attached hydrogens (tertiary/aromatic N) is 1. The van der Waals surface area contributed by atoms with Crippen molar-refractivity contribution in [1.82, 2.24) is 4.90 Å². The second-order valence-corrected chi connectivity index (χ2v) is 7.49. The van der Waals surface area contributed by atoms with Gasteiger partial charge in [-0.2, -0.15) is 0 Å². The molecular formula is C22H27ClN2O3. The number of benzene rings is 2. The topological polar surface area (TPSA) is 50.8 Å². The van der Waals surface area contributed by atoms with Gasteiger partial charge in [0.2, 0.25) is 0 Å². The van der Waals surface area contributed by atoms with Crippen LogP contribution in [0.25, 0.3) is 0 Å². The molecule has 6 heteroatoms. The number of anilines is 1. The van der Waals surface area contributed by atoms with Crippen LogP contribution in [0.5, 0.6) is 11.5 Å². The Labute approximate surface area is 171 Å². The molecule has 2 aromatic carbocycles. The highest BCUT2D eigenvalue weighted by Crippen LogP contribution is 2.37. The molecule has 1 atom stereocenters. The van der Waals surface area contributed by atoms with Crippen molar-refractivity contribution in [2.24, 2.45) is 0 Å². The third kappa shape index (κ3) is 4.53. The molecule has 0 saturated carbocycles. The van der Waals surface area contributed by atoms with Crippen LogP contribution < -0.4 is 14.8 Å². The summed E-state index contributed by atoms with van der Waals surface area (Å²) >= 11 is 6.25. The van der Waals surface area contributed by atoms with Crippen molar-refractivity contribution in [3.05, 3.63) is 52.5 Å². The zero-order valence-corrected chi connectivity index (χ0v) is 17.4. The largest absolute Gasteiger partial charge is 0.495 e. The number of likely N-dealkylation sites (tertiary alicyclic amines) is 1. The molecule has 0 spiro atoms. The second kappa shape index (κ2) is 9.20. The van der Waals surface area contributed by atoms with Crippen molar-refractivity contribution in [2.75, 3.05) is 26.1 Å². The highest BCUT2D eigenvalue weighted by Gasteiger charge is 2.27. The van der Waals surface area contributed by atoms with Crippen molar-refractivity contribution in [3.8, 4) is 11.5 Å². The van der Waals surface area contributed by atoms with Crippen molar-refractivity contribution < 1.29 is 14.3 Å². The first-order chi connectivity index (χ1) is 13.5. The van der Waals surface area contributed by atoms with Crippen LogP contribution in [0.1, 0.15) is 42.9 Å². The number of nitrogens with one attached hydrogen (secondary N) is 1. The zero-order valence-electron chi connectivity index (χ0n) is 16.6. The lowest BCUT2D eigenvalue weighted by atomic mass is 10.00. The maximum Gasteiger partial charge on any atom is 0.322 e. The molecule has 150 valence electrons. The SMILES string of the molecule is COc1cc(OC)c(NC(=O)N2CCCCCC2c2ccc(C)cc2)cc1Cl. The molecule has 2 amide bonds. The monoisotopic (exact) mass is 402 g/mol. The fraction of sp³-hybridized carbons (Fsp3) is 0.409. The number of ether oxygens (including phenoxy) is 2. The van der Waals surface area contributed by atoms with Gasteiger partial charge in [0.05, 0.1) is 31.0 Å². The van der Waals surface area contributed by atoms with Crippen molar-refractivity contribution in [2.45, 2.75) is 38.6 Å². The van der Waals surface area contributed by atoms with E-state index in [4.69, 9.17) is 21.1 Å². The number of halogens is 1. The zero-order chi connectivity index (χ0) is 20.1. The van der Waals surface area contributed by atoms with Gasteiger partial charge in [0, 0.05) is 12.6 Å². The van der Waals surface area contributed by atoms with Gasteiger partial charge < -0.3 is 19.7 Å². The van der Waals surface area contributed by atoms with Gasteiger partial charge in [-0.15, -0.1) is 0 Å². The van der Waals surface area contributed by atoms with E-state index in [0.29, 0.717) is 22.2 Å². The predicted octanol–water partition coefficient (Wildman–Crippen LogP) is 5.81. The fourth-order valence-corrected chi connectivity index (χ4v) is 3.87. The van der Waals surface area contributed by atoms with E-state index >= 15 is 0 Å². The van der Waals surface area contributed by atoms with Gasteiger partial charge in [0.1, 0.15) is 11.5 Å².